The van der Waals surface area contributed by atoms with Crippen LogP contribution in [0.2, 0.25) is 0 Å². The molecule has 0 saturated heterocycles. The fraction of sp³-hybridized carbons (Fsp3) is 0.478. The quantitative estimate of drug-likeness (QED) is 0.120. The maximum atomic E-state index is 12.6. The third-order valence-corrected chi connectivity index (χ3v) is 4.46. The van der Waals surface area contributed by atoms with E-state index >= 15 is 0 Å². The highest BCUT2D eigenvalue weighted by atomic mass is 16.5. The molecule has 0 amide bonds. The first kappa shape index (κ1) is 24.6. The zero-order valence-corrected chi connectivity index (χ0v) is 17.5. The van der Waals surface area contributed by atoms with E-state index in [1.54, 1.807) is 19.1 Å². The van der Waals surface area contributed by atoms with Crippen molar-refractivity contribution in [2.24, 2.45) is 0 Å². The van der Waals surface area contributed by atoms with Crippen LogP contribution in [0.1, 0.15) is 75.4 Å². The van der Waals surface area contributed by atoms with Gasteiger partial charge >= 0.3 is 5.63 Å². The molecular formula is C23H32O6. The van der Waals surface area contributed by atoms with E-state index in [9.17, 15) is 14.7 Å². The van der Waals surface area contributed by atoms with Crippen LogP contribution < -0.4 is 5.63 Å². The number of ketones is 1. The Morgan fingerprint density at radius 3 is 2.52 bits per heavy atom. The molecule has 160 valence electrons. The smallest absolute Gasteiger partial charge is 0.351 e. The van der Waals surface area contributed by atoms with E-state index < -0.39 is 17.7 Å². The second-order valence-electron chi connectivity index (χ2n) is 7.14. The zero-order chi connectivity index (χ0) is 21.8. The molecule has 0 spiro atoms. The molecule has 3 N–H and O–H groups in total. The molecule has 0 atom stereocenters. The average molecular weight is 405 g/mol. The van der Waals surface area contributed by atoms with Gasteiger partial charge in [0.2, 0.25) is 0 Å². The van der Waals surface area contributed by atoms with E-state index in [1.807, 2.05) is 13.0 Å². The van der Waals surface area contributed by atoms with Gasteiger partial charge < -0.3 is 19.7 Å². The van der Waals surface area contributed by atoms with E-state index in [0.29, 0.717) is 24.8 Å². The van der Waals surface area contributed by atoms with Crippen molar-refractivity contribution in [2.75, 3.05) is 0 Å². The molecule has 0 radical (unpaired) electrons. The highest BCUT2D eigenvalue weighted by Gasteiger charge is 2.20. The minimum Gasteiger partial charge on any atom is -0.507 e. The monoisotopic (exact) mass is 404 g/mol. The summed E-state index contributed by atoms with van der Waals surface area (Å²) in [7, 11) is 0. The number of aliphatic hydroxyl groups is 2. The van der Waals surface area contributed by atoms with Gasteiger partial charge in [0, 0.05) is 12.5 Å². The van der Waals surface area contributed by atoms with E-state index in [-0.39, 0.29) is 17.1 Å². The molecule has 29 heavy (non-hydrogen) atoms. The van der Waals surface area contributed by atoms with Crippen LogP contribution in [-0.4, -0.2) is 27.4 Å². The van der Waals surface area contributed by atoms with Crippen LogP contribution in [0.15, 0.2) is 50.7 Å². The predicted octanol–water partition coefficient (Wildman–Crippen LogP) is 4.19. The summed E-state index contributed by atoms with van der Waals surface area (Å²) in [6, 6.07) is 1.29. The van der Waals surface area contributed by atoms with Crippen LogP contribution in [0.5, 0.6) is 5.75 Å². The van der Waals surface area contributed by atoms with Gasteiger partial charge in [-0.1, -0.05) is 43.6 Å². The Kier molecular flexibility index (Phi) is 10.9. The average Bonchev–Trinajstić information content (AvgIpc) is 2.65. The standard InChI is InChI=1S/C23H32O6/c1-4-5-7-10-16(2)13-14-17(3)22(27)21-19(24)15-18(29-23(21)28)11-8-6-9-12-20(25)26/h9,12-15,20,24-26H,4-8,10-11H2,1-3H3/b12-9+,16-13-,17-14+. The predicted molar refractivity (Wildman–Crippen MR) is 113 cm³/mol. The Morgan fingerprint density at radius 2 is 1.90 bits per heavy atom. The van der Waals surface area contributed by atoms with Gasteiger partial charge in [-0.2, -0.15) is 0 Å². The third kappa shape index (κ3) is 9.07. The van der Waals surface area contributed by atoms with Gasteiger partial charge in [0.15, 0.2) is 12.1 Å². The summed E-state index contributed by atoms with van der Waals surface area (Å²) < 4.78 is 5.18. The normalized spacial score (nSPS) is 12.9. The fourth-order valence-corrected chi connectivity index (χ4v) is 2.75. The number of hydrogen-bond acceptors (Lipinski definition) is 6. The van der Waals surface area contributed by atoms with Crippen molar-refractivity contribution in [1.29, 1.82) is 0 Å². The van der Waals surface area contributed by atoms with Crippen LogP contribution in [0.3, 0.4) is 0 Å². The lowest BCUT2D eigenvalue weighted by molar-refractivity contribution is 0.00215. The molecule has 0 aliphatic heterocycles. The largest absolute Gasteiger partial charge is 0.507 e. The van der Waals surface area contributed by atoms with Gasteiger partial charge in [0.25, 0.3) is 0 Å². The van der Waals surface area contributed by atoms with Crippen molar-refractivity contribution in [3.63, 3.8) is 0 Å². The summed E-state index contributed by atoms with van der Waals surface area (Å²) in [4.78, 5) is 24.8. The molecule has 6 nitrogen and oxygen atoms in total. The van der Waals surface area contributed by atoms with Crippen molar-refractivity contribution in [3.05, 3.63) is 63.3 Å². The lowest BCUT2D eigenvalue weighted by Crippen LogP contribution is -2.16. The van der Waals surface area contributed by atoms with Crippen LogP contribution in [-0.2, 0) is 6.42 Å². The molecule has 0 aromatic carbocycles. The molecular weight excluding hydrogens is 372 g/mol. The van der Waals surface area contributed by atoms with E-state index in [0.717, 1.165) is 31.3 Å². The molecule has 1 aromatic heterocycles. The molecule has 1 heterocycles. The number of carbonyl (C=O) groups is 1. The molecule has 0 aliphatic rings. The molecule has 1 rings (SSSR count). The molecule has 0 saturated carbocycles. The van der Waals surface area contributed by atoms with Crippen LogP contribution >= 0.6 is 0 Å². The molecule has 6 heteroatoms. The summed E-state index contributed by atoms with van der Waals surface area (Å²) in [6.07, 6.45) is 10.8. The van der Waals surface area contributed by atoms with Gasteiger partial charge in [-0.3, -0.25) is 4.79 Å². The number of hydrogen-bond donors (Lipinski definition) is 3. The zero-order valence-electron chi connectivity index (χ0n) is 17.5. The van der Waals surface area contributed by atoms with E-state index in [1.165, 1.54) is 12.1 Å². The SMILES string of the molecule is CCCCC/C(C)=C\C=C(/C)C(=O)c1c(O)cc(CCC/C=C/C(O)O)oc1=O. The Labute approximate surface area is 171 Å². The van der Waals surface area contributed by atoms with Crippen LogP contribution in [0.4, 0.5) is 0 Å². The van der Waals surface area contributed by atoms with E-state index in [2.05, 4.69) is 6.92 Å². The Balaban J connectivity index is 2.82. The van der Waals surface area contributed by atoms with Crippen molar-refractivity contribution < 1.29 is 24.5 Å². The van der Waals surface area contributed by atoms with Crippen molar-refractivity contribution in [3.8, 4) is 5.75 Å². The van der Waals surface area contributed by atoms with Crippen LogP contribution in [0.25, 0.3) is 0 Å². The summed E-state index contributed by atoms with van der Waals surface area (Å²) in [5.41, 5.74) is 0.286. The topological polar surface area (TPSA) is 108 Å². The number of carbonyl (C=O) groups excluding carboxylic acids is 1. The van der Waals surface area contributed by atoms with Crippen molar-refractivity contribution in [2.45, 2.75) is 72.0 Å². The van der Waals surface area contributed by atoms with Gasteiger partial charge in [-0.15, -0.1) is 0 Å². The minimum absolute atomic E-state index is 0.273. The maximum Gasteiger partial charge on any atom is 0.351 e. The highest BCUT2D eigenvalue weighted by molar-refractivity contribution is 6.09. The second-order valence-corrected chi connectivity index (χ2v) is 7.14. The van der Waals surface area contributed by atoms with Gasteiger partial charge in [-0.05, 0) is 51.2 Å². The number of rotatable bonds is 12. The highest BCUT2D eigenvalue weighted by Crippen LogP contribution is 2.20. The first-order valence-corrected chi connectivity index (χ1v) is 10.0. The lowest BCUT2D eigenvalue weighted by Gasteiger charge is -2.05. The Bertz CT molecular complexity index is 811. The number of unbranched alkanes of at least 4 members (excludes halogenated alkanes) is 3. The fourth-order valence-electron chi connectivity index (χ4n) is 2.75. The third-order valence-electron chi connectivity index (χ3n) is 4.46. The molecule has 0 fully saturated rings. The minimum atomic E-state index is -1.49. The van der Waals surface area contributed by atoms with Gasteiger partial charge in [-0.25, -0.2) is 4.79 Å². The van der Waals surface area contributed by atoms with E-state index in [4.69, 9.17) is 14.6 Å². The maximum absolute atomic E-state index is 12.6. The number of aromatic hydroxyl groups is 1. The number of aryl methyl sites for hydroxylation is 1. The number of allylic oxidation sites excluding steroid dienone is 5. The van der Waals surface area contributed by atoms with Gasteiger partial charge in [0.1, 0.15) is 17.1 Å². The molecule has 0 aliphatic carbocycles. The summed E-state index contributed by atoms with van der Waals surface area (Å²) in [5.74, 6) is -0.672. The molecule has 0 unspecified atom stereocenters. The lowest BCUT2D eigenvalue weighted by atomic mass is 10.0. The molecule has 0 bridgehead atoms. The van der Waals surface area contributed by atoms with Crippen molar-refractivity contribution >= 4 is 5.78 Å². The summed E-state index contributed by atoms with van der Waals surface area (Å²) >= 11 is 0. The first-order chi connectivity index (χ1) is 13.8. The first-order valence-electron chi connectivity index (χ1n) is 10.0. The van der Waals surface area contributed by atoms with Crippen molar-refractivity contribution in [1.82, 2.24) is 0 Å². The summed E-state index contributed by atoms with van der Waals surface area (Å²) in [5, 5.41) is 27.6. The number of Topliss-reactive ketones (excluding diaryl/α,β-unsaturated/α-hetero) is 1. The number of aliphatic hydroxyl groups excluding tert-OH is 1. The molecule has 1 aromatic rings. The summed E-state index contributed by atoms with van der Waals surface area (Å²) in [6.45, 7) is 5.75. The van der Waals surface area contributed by atoms with Crippen LogP contribution in [0, 0.1) is 0 Å². The Morgan fingerprint density at radius 1 is 1.17 bits per heavy atom. The second kappa shape index (κ2) is 12.9. The van der Waals surface area contributed by atoms with Gasteiger partial charge in [0.05, 0.1) is 0 Å². The Hall–Kier alpha value is -2.44.